The molecule has 22 heavy (non-hydrogen) atoms. The van der Waals surface area contributed by atoms with Gasteiger partial charge in [-0.25, -0.2) is 12.8 Å². The van der Waals surface area contributed by atoms with E-state index in [0.717, 1.165) is 0 Å². The fraction of sp³-hybridized carbons (Fsp3) is 0.188. The van der Waals surface area contributed by atoms with Crippen molar-refractivity contribution in [2.75, 3.05) is 0 Å². The molecular weight excluding hydrogens is 305 g/mol. The summed E-state index contributed by atoms with van der Waals surface area (Å²) in [6.45, 7) is 1.57. The van der Waals surface area contributed by atoms with Gasteiger partial charge in [-0.15, -0.1) is 0 Å². The maximum Gasteiger partial charge on any atom is 0.248 e. The molecule has 1 atom stereocenters. The van der Waals surface area contributed by atoms with Gasteiger partial charge in [0.1, 0.15) is 5.82 Å². The lowest BCUT2D eigenvalue weighted by Gasteiger charge is -2.13. The van der Waals surface area contributed by atoms with Crippen molar-refractivity contribution in [2.45, 2.75) is 17.9 Å². The van der Waals surface area contributed by atoms with Gasteiger partial charge in [0.15, 0.2) is 9.84 Å². The van der Waals surface area contributed by atoms with Crippen LogP contribution in [0.25, 0.3) is 0 Å². The summed E-state index contributed by atoms with van der Waals surface area (Å²) in [5.74, 6) is -1.13. The Kier molecular flexibility index (Phi) is 4.61. The van der Waals surface area contributed by atoms with Crippen LogP contribution in [0.2, 0.25) is 0 Å². The van der Waals surface area contributed by atoms with Crippen LogP contribution in [-0.2, 0) is 15.6 Å². The van der Waals surface area contributed by atoms with Crippen molar-refractivity contribution < 1.29 is 17.6 Å². The van der Waals surface area contributed by atoms with E-state index in [1.165, 1.54) is 36.4 Å². The molecule has 0 fully saturated rings. The summed E-state index contributed by atoms with van der Waals surface area (Å²) >= 11 is 0. The zero-order chi connectivity index (χ0) is 16.3. The first-order valence-electron chi connectivity index (χ1n) is 6.65. The molecule has 116 valence electrons. The predicted octanol–water partition coefficient (Wildman–Crippen LogP) is 2.60. The summed E-state index contributed by atoms with van der Waals surface area (Å²) in [6, 6.07) is 11.5. The normalized spacial score (nSPS) is 12.8. The quantitative estimate of drug-likeness (QED) is 0.919. The Bertz CT molecular complexity index is 768. The molecule has 4 nitrogen and oxygen atoms in total. The highest BCUT2D eigenvalue weighted by Crippen LogP contribution is 2.25. The fourth-order valence-electron chi connectivity index (χ4n) is 2.06. The highest BCUT2D eigenvalue weighted by atomic mass is 32.2. The van der Waals surface area contributed by atoms with E-state index in [0.29, 0.717) is 16.7 Å². The summed E-state index contributed by atoms with van der Waals surface area (Å²) in [4.78, 5) is 11.0. The van der Waals surface area contributed by atoms with Gasteiger partial charge in [-0.05, 0) is 42.3 Å². The Labute approximate surface area is 128 Å². The number of amides is 1. The van der Waals surface area contributed by atoms with E-state index in [1.54, 1.807) is 19.1 Å². The summed E-state index contributed by atoms with van der Waals surface area (Å²) in [5, 5.41) is -0.746. The number of hydrogen-bond donors (Lipinski definition) is 1. The van der Waals surface area contributed by atoms with E-state index < -0.39 is 26.8 Å². The number of halogens is 1. The topological polar surface area (TPSA) is 77.2 Å². The van der Waals surface area contributed by atoms with Gasteiger partial charge in [-0.2, -0.15) is 0 Å². The molecule has 6 heteroatoms. The number of nitrogens with two attached hydrogens (primary N) is 1. The molecule has 0 heterocycles. The minimum Gasteiger partial charge on any atom is -0.366 e. The molecule has 0 aliphatic rings. The second-order valence-corrected chi connectivity index (χ2v) is 7.38. The summed E-state index contributed by atoms with van der Waals surface area (Å²) in [5.41, 5.74) is 6.57. The molecule has 0 aliphatic carbocycles. The lowest BCUT2D eigenvalue weighted by Crippen LogP contribution is -2.14. The number of benzene rings is 2. The SMILES string of the molecule is CC(c1ccc(F)cc1)S(=O)(=O)Cc1ccc(C(N)=O)cc1. The Hall–Kier alpha value is -2.21. The molecule has 0 bridgehead atoms. The lowest BCUT2D eigenvalue weighted by atomic mass is 10.1. The van der Waals surface area contributed by atoms with E-state index in [9.17, 15) is 17.6 Å². The molecule has 0 aliphatic heterocycles. The Morgan fingerprint density at radius 2 is 1.64 bits per heavy atom. The molecule has 1 unspecified atom stereocenters. The average Bonchev–Trinajstić information content (AvgIpc) is 2.47. The van der Waals surface area contributed by atoms with E-state index >= 15 is 0 Å². The van der Waals surface area contributed by atoms with E-state index in [-0.39, 0.29) is 5.75 Å². The van der Waals surface area contributed by atoms with Crippen molar-refractivity contribution in [3.8, 4) is 0 Å². The molecule has 0 saturated carbocycles. The van der Waals surface area contributed by atoms with Crippen LogP contribution < -0.4 is 5.73 Å². The Morgan fingerprint density at radius 3 is 2.14 bits per heavy atom. The molecule has 2 aromatic carbocycles. The zero-order valence-corrected chi connectivity index (χ0v) is 12.8. The van der Waals surface area contributed by atoms with Crippen LogP contribution in [0, 0.1) is 5.82 Å². The van der Waals surface area contributed by atoms with Crippen molar-refractivity contribution in [3.63, 3.8) is 0 Å². The first-order valence-corrected chi connectivity index (χ1v) is 8.37. The third-order valence-electron chi connectivity index (χ3n) is 3.48. The summed E-state index contributed by atoms with van der Waals surface area (Å²) in [7, 11) is -3.45. The number of primary amides is 1. The number of hydrogen-bond acceptors (Lipinski definition) is 3. The van der Waals surface area contributed by atoms with E-state index in [1.807, 2.05) is 0 Å². The van der Waals surface area contributed by atoms with Gasteiger partial charge in [0, 0.05) is 5.56 Å². The second kappa shape index (κ2) is 6.27. The smallest absolute Gasteiger partial charge is 0.248 e. The molecule has 0 radical (unpaired) electrons. The first-order chi connectivity index (χ1) is 10.3. The van der Waals surface area contributed by atoms with Gasteiger partial charge in [0.05, 0.1) is 11.0 Å². The van der Waals surface area contributed by atoms with E-state index in [2.05, 4.69) is 0 Å². The van der Waals surface area contributed by atoms with Gasteiger partial charge in [0.2, 0.25) is 5.91 Å². The predicted molar refractivity (Wildman–Crippen MR) is 82.4 cm³/mol. The van der Waals surface area contributed by atoms with Crippen molar-refractivity contribution in [3.05, 3.63) is 71.0 Å². The molecular formula is C16H16FNO3S. The van der Waals surface area contributed by atoms with Gasteiger partial charge < -0.3 is 5.73 Å². The van der Waals surface area contributed by atoms with Crippen molar-refractivity contribution in [2.24, 2.45) is 5.73 Å². The van der Waals surface area contributed by atoms with Crippen LogP contribution in [0.1, 0.15) is 33.7 Å². The van der Waals surface area contributed by atoms with Crippen molar-refractivity contribution in [1.82, 2.24) is 0 Å². The van der Waals surface area contributed by atoms with Crippen LogP contribution in [-0.4, -0.2) is 14.3 Å². The van der Waals surface area contributed by atoms with Crippen molar-refractivity contribution in [1.29, 1.82) is 0 Å². The first kappa shape index (κ1) is 16.2. The maximum absolute atomic E-state index is 12.9. The number of rotatable bonds is 5. The number of carbonyl (C=O) groups is 1. The monoisotopic (exact) mass is 321 g/mol. The van der Waals surface area contributed by atoms with Gasteiger partial charge in [-0.1, -0.05) is 24.3 Å². The lowest BCUT2D eigenvalue weighted by molar-refractivity contribution is 0.100. The van der Waals surface area contributed by atoms with Gasteiger partial charge in [0.25, 0.3) is 0 Å². The standard InChI is InChI=1S/C16H16FNO3S/c1-11(13-6-8-15(17)9-7-13)22(20,21)10-12-2-4-14(5-3-12)16(18)19/h2-9,11H,10H2,1H3,(H2,18,19). The highest BCUT2D eigenvalue weighted by molar-refractivity contribution is 7.90. The fourth-order valence-corrected chi connectivity index (χ4v) is 3.54. The minimum atomic E-state index is -3.45. The van der Waals surface area contributed by atoms with Crippen LogP contribution in [0.5, 0.6) is 0 Å². The number of carbonyl (C=O) groups excluding carboxylic acids is 1. The van der Waals surface area contributed by atoms with E-state index in [4.69, 9.17) is 5.73 Å². The largest absolute Gasteiger partial charge is 0.366 e. The average molecular weight is 321 g/mol. The summed E-state index contributed by atoms with van der Waals surface area (Å²) in [6.07, 6.45) is 0. The molecule has 0 saturated heterocycles. The molecule has 2 N–H and O–H groups in total. The molecule has 0 aromatic heterocycles. The Morgan fingerprint density at radius 1 is 1.09 bits per heavy atom. The van der Waals surface area contributed by atoms with Gasteiger partial charge >= 0.3 is 0 Å². The maximum atomic E-state index is 12.9. The molecule has 1 amide bonds. The van der Waals surface area contributed by atoms with Crippen LogP contribution >= 0.6 is 0 Å². The minimum absolute atomic E-state index is 0.162. The molecule has 0 spiro atoms. The highest BCUT2D eigenvalue weighted by Gasteiger charge is 2.23. The van der Waals surface area contributed by atoms with Crippen LogP contribution in [0.15, 0.2) is 48.5 Å². The van der Waals surface area contributed by atoms with Crippen molar-refractivity contribution >= 4 is 15.7 Å². The number of sulfone groups is 1. The Balaban J connectivity index is 2.19. The third-order valence-corrected chi connectivity index (χ3v) is 5.57. The summed E-state index contributed by atoms with van der Waals surface area (Å²) < 4.78 is 37.7. The zero-order valence-electron chi connectivity index (χ0n) is 12.0. The van der Waals surface area contributed by atoms with Gasteiger partial charge in [-0.3, -0.25) is 4.79 Å². The second-order valence-electron chi connectivity index (χ2n) is 5.06. The third kappa shape index (κ3) is 3.71. The van der Waals surface area contributed by atoms with Crippen LogP contribution in [0.4, 0.5) is 4.39 Å². The molecule has 2 rings (SSSR count). The van der Waals surface area contributed by atoms with Crippen LogP contribution in [0.3, 0.4) is 0 Å². The molecule has 2 aromatic rings.